The molecule has 2 aromatic heterocycles. The molecule has 3 rings (SSSR count). The summed E-state index contributed by atoms with van der Waals surface area (Å²) in [5.41, 5.74) is 0.690. The number of nitrogens with one attached hydrogen (secondary N) is 1. The van der Waals surface area contributed by atoms with Crippen LogP contribution in [0, 0.1) is 0 Å². The number of hydrogen-bond donors (Lipinski definition) is 1. The molecular weight excluding hydrogens is 268 g/mol. The van der Waals surface area contributed by atoms with Gasteiger partial charge in [0.05, 0.1) is 11.9 Å². The van der Waals surface area contributed by atoms with Gasteiger partial charge in [-0.15, -0.1) is 0 Å². The molecule has 21 heavy (non-hydrogen) atoms. The summed E-state index contributed by atoms with van der Waals surface area (Å²) < 4.78 is 1.52. The van der Waals surface area contributed by atoms with E-state index in [4.69, 9.17) is 0 Å². The second kappa shape index (κ2) is 5.90. The van der Waals surface area contributed by atoms with Crippen molar-refractivity contribution in [3.63, 3.8) is 0 Å². The third kappa shape index (κ3) is 3.01. The van der Waals surface area contributed by atoms with Crippen LogP contribution in [0.15, 0.2) is 31.0 Å². The molecule has 0 saturated carbocycles. The molecule has 0 aromatic carbocycles. The lowest BCUT2D eigenvalue weighted by Gasteiger charge is -2.17. The Morgan fingerprint density at radius 1 is 1.33 bits per heavy atom. The van der Waals surface area contributed by atoms with Gasteiger partial charge < -0.3 is 10.2 Å². The average molecular weight is 286 g/mol. The van der Waals surface area contributed by atoms with Gasteiger partial charge in [-0.25, -0.2) is 14.6 Å². The van der Waals surface area contributed by atoms with Gasteiger partial charge in [0.2, 0.25) is 5.91 Å². The van der Waals surface area contributed by atoms with E-state index in [0.29, 0.717) is 5.69 Å². The molecule has 1 aliphatic rings. The van der Waals surface area contributed by atoms with Gasteiger partial charge >= 0.3 is 0 Å². The van der Waals surface area contributed by atoms with Gasteiger partial charge in [0, 0.05) is 13.1 Å². The summed E-state index contributed by atoms with van der Waals surface area (Å²) in [7, 11) is 0. The minimum atomic E-state index is -0.411. The highest BCUT2D eigenvalue weighted by Crippen LogP contribution is 2.19. The van der Waals surface area contributed by atoms with Gasteiger partial charge in [-0.3, -0.25) is 4.79 Å². The van der Waals surface area contributed by atoms with Crippen molar-refractivity contribution in [1.29, 1.82) is 0 Å². The topological polar surface area (TPSA) is 75.9 Å². The van der Waals surface area contributed by atoms with Crippen LogP contribution in [0.2, 0.25) is 0 Å². The zero-order valence-corrected chi connectivity index (χ0v) is 11.9. The maximum absolute atomic E-state index is 12.1. The summed E-state index contributed by atoms with van der Waals surface area (Å²) >= 11 is 0. The number of rotatable bonds is 4. The van der Waals surface area contributed by atoms with E-state index in [1.807, 2.05) is 12.1 Å². The molecule has 110 valence electrons. The fourth-order valence-electron chi connectivity index (χ4n) is 2.38. The van der Waals surface area contributed by atoms with Gasteiger partial charge in [-0.1, -0.05) is 0 Å². The Bertz CT molecular complexity index is 588. The summed E-state index contributed by atoms with van der Waals surface area (Å²) in [5, 5.41) is 6.81. The summed E-state index contributed by atoms with van der Waals surface area (Å²) in [4.78, 5) is 22.6. The Labute approximate surface area is 123 Å². The lowest BCUT2D eigenvalue weighted by molar-refractivity contribution is -0.119. The van der Waals surface area contributed by atoms with Crippen molar-refractivity contribution >= 4 is 17.4 Å². The van der Waals surface area contributed by atoms with Gasteiger partial charge in [0.25, 0.3) is 0 Å². The molecule has 1 fully saturated rings. The monoisotopic (exact) mass is 286 g/mol. The summed E-state index contributed by atoms with van der Waals surface area (Å²) in [6.07, 6.45) is 7.07. The van der Waals surface area contributed by atoms with E-state index in [-0.39, 0.29) is 5.91 Å². The SMILES string of the molecule is C[C@@H](C(=O)Nc1ccc(N2CCCC2)nc1)n1cncn1. The predicted octanol–water partition coefficient (Wildman–Crippen LogP) is 1.47. The van der Waals surface area contributed by atoms with Crippen molar-refractivity contribution in [1.82, 2.24) is 19.7 Å². The molecule has 1 saturated heterocycles. The Hall–Kier alpha value is -2.44. The Kier molecular flexibility index (Phi) is 3.81. The first-order chi connectivity index (χ1) is 10.2. The second-order valence-electron chi connectivity index (χ2n) is 5.14. The molecule has 1 aliphatic heterocycles. The van der Waals surface area contributed by atoms with Crippen LogP contribution in [-0.2, 0) is 4.79 Å². The summed E-state index contributed by atoms with van der Waals surface area (Å²) in [5.74, 6) is 0.825. The molecule has 0 spiro atoms. The first kappa shape index (κ1) is 13.5. The Morgan fingerprint density at radius 2 is 2.14 bits per heavy atom. The summed E-state index contributed by atoms with van der Waals surface area (Å²) in [6.45, 7) is 3.89. The van der Waals surface area contributed by atoms with Gasteiger partial charge in [-0.2, -0.15) is 5.10 Å². The zero-order chi connectivity index (χ0) is 14.7. The van der Waals surface area contributed by atoms with Crippen molar-refractivity contribution in [3.05, 3.63) is 31.0 Å². The van der Waals surface area contributed by atoms with Crippen molar-refractivity contribution in [2.24, 2.45) is 0 Å². The quantitative estimate of drug-likeness (QED) is 0.921. The van der Waals surface area contributed by atoms with Gasteiger partial charge in [0.1, 0.15) is 24.5 Å². The largest absolute Gasteiger partial charge is 0.357 e. The van der Waals surface area contributed by atoms with Crippen molar-refractivity contribution < 1.29 is 4.79 Å². The highest BCUT2D eigenvalue weighted by atomic mass is 16.2. The molecule has 2 aromatic rings. The normalized spacial score (nSPS) is 16.0. The third-order valence-corrected chi connectivity index (χ3v) is 3.66. The molecule has 7 heteroatoms. The first-order valence-electron chi connectivity index (χ1n) is 7.10. The smallest absolute Gasteiger partial charge is 0.249 e. The maximum Gasteiger partial charge on any atom is 0.249 e. The fraction of sp³-hybridized carbons (Fsp3) is 0.429. The van der Waals surface area contributed by atoms with E-state index in [1.165, 1.54) is 30.2 Å². The molecule has 3 heterocycles. The first-order valence-corrected chi connectivity index (χ1v) is 7.10. The minimum Gasteiger partial charge on any atom is -0.357 e. The molecule has 1 atom stereocenters. The fourth-order valence-corrected chi connectivity index (χ4v) is 2.38. The highest BCUT2D eigenvalue weighted by Gasteiger charge is 2.16. The molecule has 7 nitrogen and oxygen atoms in total. The molecule has 0 unspecified atom stereocenters. The minimum absolute atomic E-state index is 0.142. The van der Waals surface area contributed by atoms with Crippen LogP contribution in [0.5, 0.6) is 0 Å². The van der Waals surface area contributed by atoms with Crippen molar-refractivity contribution in [2.75, 3.05) is 23.3 Å². The average Bonchev–Trinajstić information content (AvgIpc) is 3.20. The van der Waals surface area contributed by atoms with Gasteiger partial charge in [-0.05, 0) is 31.9 Å². The Morgan fingerprint density at radius 3 is 2.76 bits per heavy atom. The molecule has 0 bridgehead atoms. The van der Waals surface area contributed by atoms with Crippen molar-refractivity contribution in [2.45, 2.75) is 25.8 Å². The number of carbonyl (C=O) groups is 1. The van der Waals surface area contributed by atoms with Crippen LogP contribution in [0.25, 0.3) is 0 Å². The standard InChI is InChI=1S/C14H18N6O/c1-11(20-10-15-9-17-20)14(21)18-12-4-5-13(16-8-12)19-6-2-3-7-19/h4-5,8-11H,2-3,6-7H2,1H3,(H,18,21)/t11-/m0/s1. The Balaban J connectivity index is 1.63. The van der Waals surface area contributed by atoms with Crippen LogP contribution in [0.4, 0.5) is 11.5 Å². The number of carbonyl (C=O) groups excluding carboxylic acids is 1. The molecular formula is C14H18N6O. The van der Waals surface area contributed by atoms with E-state index in [9.17, 15) is 4.79 Å². The highest BCUT2D eigenvalue weighted by molar-refractivity contribution is 5.93. The van der Waals surface area contributed by atoms with Gasteiger partial charge in [0.15, 0.2) is 0 Å². The van der Waals surface area contributed by atoms with Crippen LogP contribution in [-0.4, -0.2) is 38.7 Å². The zero-order valence-electron chi connectivity index (χ0n) is 11.9. The number of amides is 1. The van der Waals surface area contributed by atoms with Crippen LogP contribution >= 0.6 is 0 Å². The lowest BCUT2D eigenvalue weighted by Crippen LogP contribution is -2.24. The second-order valence-corrected chi connectivity index (χ2v) is 5.14. The van der Waals surface area contributed by atoms with E-state index in [0.717, 1.165) is 18.9 Å². The van der Waals surface area contributed by atoms with Crippen LogP contribution in [0.3, 0.4) is 0 Å². The number of aromatic nitrogens is 4. The lowest BCUT2D eigenvalue weighted by atomic mass is 10.3. The predicted molar refractivity (Wildman–Crippen MR) is 79.0 cm³/mol. The maximum atomic E-state index is 12.1. The number of hydrogen-bond acceptors (Lipinski definition) is 5. The number of anilines is 2. The van der Waals surface area contributed by atoms with E-state index in [1.54, 1.807) is 13.1 Å². The molecule has 1 N–H and O–H groups in total. The molecule has 0 radical (unpaired) electrons. The molecule has 1 amide bonds. The number of pyridine rings is 1. The van der Waals surface area contributed by atoms with Crippen molar-refractivity contribution in [3.8, 4) is 0 Å². The van der Waals surface area contributed by atoms with Crippen LogP contribution in [0.1, 0.15) is 25.8 Å². The third-order valence-electron chi connectivity index (χ3n) is 3.66. The van der Waals surface area contributed by atoms with E-state index >= 15 is 0 Å². The van der Waals surface area contributed by atoms with E-state index in [2.05, 4.69) is 25.3 Å². The number of nitrogens with zero attached hydrogens (tertiary/aromatic N) is 5. The van der Waals surface area contributed by atoms with Crippen LogP contribution < -0.4 is 10.2 Å². The summed E-state index contributed by atoms with van der Waals surface area (Å²) in [6, 6.07) is 3.42. The molecule has 0 aliphatic carbocycles. The van der Waals surface area contributed by atoms with E-state index < -0.39 is 6.04 Å².